The number of carbonyl (C=O) groups is 1. The molecule has 1 N–H and O–H groups in total. The van der Waals surface area contributed by atoms with Gasteiger partial charge in [0.1, 0.15) is 4.88 Å². The van der Waals surface area contributed by atoms with Crippen LogP contribution in [0, 0.1) is 6.92 Å². The van der Waals surface area contributed by atoms with E-state index in [-0.39, 0.29) is 5.91 Å². The molecule has 2 fully saturated rings. The van der Waals surface area contributed by atoms with Crippen LogP contribution in [-0.2, 0) is 0 Å². The van der Waals surface area contributed by atoms with Crippen LogP contribution in [0.5, 0.6) is 0 Å². The SMILES string of the molecule is Cc1ncsc1C(=O)N(CC1CCCCN1)C1CC1. The molecule has 1 aliphatic carbocycles. The van der Waals surface area contributed by atoms with E-state index in [1.54, 1.807) is 5.51 Å². The Bertz CT molecular complexity index is 449. The fraction of sp³-hybridized carbons (Fsp3) is 0.714. The van der Waals surface area contributed by atoms with Crippen LogP contribution in [0.15, 0.2) is 5.51 Å². The molecule has 104 valence electrons. The van der Waals surface area contributed by atoms with Gasteiger partial charge in [0.05, 0.1) is 11.2 Å². The zero-order valence-electron chi connectivity index (χ0n) is 11.4. The third-order valence-electron chi connectivity index (χ3n) is 4.02. The molecule has 1 unspecified atom stereocenters. The Hall–Kier alpha value is -0.940. The molecule has 5 heteroatoms. The predicted molar refractivity (Wildman–Crippen MR) is 76.6 cm³/mol. The quantitative estimate of drug-likeness (QED) is 0.919. The predicted octanol–water partition coefficient (Wildman–Crippen LogP) is 2.20. The Morgan fingerprint density at radius 1 is 1.47 bits per heavy atom. The third kappa shape index (κ3) is 2.98. The molecule has 1 saturated carbocycles. The molecule has 1 aliphatic heterocycles. The van der Waals surface area contributed by atoms with E-state index in [0.29, 0.717) is 12.1 Å². The van der Waals surface area contributed by atoms with Gasteiger partial charge in [0.15, 0.2) is 0 Å². The summed E-state index contributed by atoms with van der Waals surface area (Å²) in [6, 6.07) is 0.948. The number of carbonyl (C=O) groups excluding carboxylic acids is 1. The zero-order chi connectivity index (χ0) is 13.2. The normalized spacial score (nSPS) is 23.3. The van der Waals surface area contributed by atoms with Gasteiger partial charge in [0.25, 0.3) is 5.91 Å². The maximum atomic E-state index is 12.7. The Balaban J connectivity index is 1.70. The van der Waals surface area contributed by atoms with Crippen molar-refractivity contribution in [1.82, 2.24) is 15.2 Å². The fourth-order valence-corrected chi connectivity index (χ4v) is 3.50. The molecule has 1 aromatic heterocycles. The maximum absolute atomic E-state index is 12.7. The van der Waals surface area contributed by atoms with Crippen molar-refractivity contribution in [3.8, 4) is 0 Å². The summed E-state index contributed by atoms with van der Waals surface area (Å²) in [5, 5.41) is 3.54. The van der Waals surface area contributed by atoms with E-state index in [1.807, 2.05) is 6.92 Å². The molecule has 2 heterocycles. The van der Waals surface area contributed by atoms with Gasteiger partial charge in [-0.1, -0.05) is 6.42 Å². The highest BCUT2D eigenvalue weighted by Gasteiger charge is 2.35. The van der Waals surface area contributed by atoms with Crippen molar-refractivity contribution in [1.29, 1.82) is 0 Å². The number of thiazole rings is 1. The van der Waals surface area contributed by atoms with Gasteiger partial charge in [-0.3, -0.25) is 4.79 Å². The first-order chi connectivity index (χ1) is 9.25. The molecule has 1 saturated heterocycles. The second-order valence-corrected chi connectivity index (χ2v) is 6.46. The standard InChI is InChI=1S/C14H21N3OS/c1-10-13(19-9-16-10)14(18)17(12-5-6-12)8-11-4-2-3-7-15-11/h9,11-12,15H,2-8H2,1H3. The third-order valence-corrected chi connectivity index (χ3v) is 4.93. The molecule has 4 nitrogen and oxygen atoms in total. The van der Waals surface area contributed by atoms with E-state index >= 15 is 0 Å². The molecule has 2 aliphatic rings. The van der Waals surface area contributed by atoms with Crippen molar-refractivity contribution < 1.29 is 4.79 Å². The van der Waals surface area contributed by atoms with Crippen molar-refractivity contribution in [3.63, 3.8) is 0 Å². The Kier molecular flexibility index (Phi) is 3.84. The summed E-state index contributed by atoms with van der Waals surface area (Å²) < 4.78 is 0. The average Bonchev–Trinajstić information content (AvgIpc) is 3.18. The lowest BCUT2D eigenvalue weighted by molar-refractivity contribution is 0.0722. The summed E-state index contributed by atoms with van der Waals surface area (Å²) >= 11 is 1.47. The van der Waals surface area contributed by atoms with Crippen LogP contribution in [0.1, 0.15) is 47.5 Å². The lowest BCUT2D eigenvalue weighted by atomic mass is 10.0. The molecular formula is C14H21N3OS. The smallest absolute Gasteiger partial charge is 0.266 e. The molecule has 1 aromatic rings. The number of hydrogen-bond acceptors (Lipinski definition) is 4. The number of piperidine rings is 1. The van der Waals surface area contributed by atoms with Gasteiger partial charge in [0.2, 0.25) is 0 Å². The van der Waals surface area contributed by atoms with Crippen LogP contribution >= 0.6 is 11.3 Å². The van der Waals surface area contributed by atoms with Gasteiger partial charge in [0, 0.05) is 18.6 Å². The molecular weight excluding hydrogens is 258 g/mol. The highest BCUT2D eigenvalue weighted by molar-refractivity contribution is 7.11. The van der Waals surface area contributed by atoms with E-state index in [0.717, 1.165) is 36.5 Å². The summed E-state index contributed by atoms with van der Waals surface area (Å²) in [5.74, 6) is 0.190. The van der Waals surface area contributed by atoms with Gasteiger partial charge >= 0.3 is 0 Å². The van der Waals surface area contributed by atoms with E-state index < -0.39 is 0 Å². The number of nitrogens with one attached hydrogen (secondary N) is 1. The van der Waals surface area contributed by atoms with Crippen LogP contribution < -0.4 is 5.32 Å². The van der Waals surface area contributed by atoms with Gasteiger partial charge in [-0.2, -0.15) is 0 Å². The minimum atomic E-state index is 0.190. The molecule has 0 aromatic carbocycles. The highest BCUT2D eigenvalue weighted by atomic mass is 32.1. The van der Waals surface area contributed by atoms with Crippen molar-refractivity contribution in [2.75, 3.05) is 13.1 Å². The minimum Gasteiger partial charge on any atom is -0.333 e. The van der Waals surface area contributed by atoms with Gasteiger partial charge in [-0.05, 0) is 39.2 Å². The summed E-state index contributed by atoms with van der Waals surface area (Å²) in [6.07, 6.45) is 6.07. The van der Waals surface area contributed by atoms with Crippen molar-refractivity contribution in [3.05, 3.63) is 16.1 Å². The summed E-state index contributed by atoms with van der Waals surface area (Å²) in [6.45, 7) is 3.88. The molecule has 19 heavy (non-hydrogen) atoms. The first-order valence-corrected chi connectivity index (χ1v) is 8.08. The highest BCUT2D eigenvalue weighted by Crippen LogP contribution is 2.30. The van der Waals surface area contributed by atoms with Gasteiger partial charge in [-0.25, -0.2) is 4.98 Å². The molecule has 0 bridgehead atoms. The van der Waals surface area contributed by atoms with Crippen LogP contribution in [-0.4, -0.2) is 41.0 Å². The molecule has 3 rings (SSSR count). The first kappa shape index (κ1) is 13.1. The summed E-state index contributed by atoms with van der Waals surface area (Å²) in [5.41, 5.74) is 2.64. The Morgan fingerprint density at radius 3 is 2.89 bits per heavy atom. The largest absolute Gasteiger partial charge is 0.333 e. The van der Waals surface area contributed by atoms with Crippen molar-refractivity contribution >= 4 is 17.2 Å². The molecule has 0 spiro atoms. The molecule has 0 radical (unpaired) electrons. The van der Waals surface area contributed by atoms with Gasteiger partial charge in [-0.15, -0.1) is 11.3 Å². The number of aromatic nitrogens is 1. The van der Waals surface area contributed by atoms with Crippen LogP contribution in [0.25, 0.3) is 0 Å². The average molecular weight is 279 g/mol. The van der Waals surface area contributed by atoms with Crippen molar-refractivity contribution in [2.45, 2.75) is 51.1 Å². The number of rotatable bonds is 4. The maximum Gasteiger partial charge on any atom is 0.266 e. The van der Waals surface area contributed by atoms with E-state index in [2.05, 4.69) is 15.2 Å². The lowest BCUT2D eigenvalue weighted by Crippen LogP contribution is -2.46. The van der Waals surface area contributed by atoms with Crippen molar-refractivity contribution in [2.24, 2.45) is 0 Å². The van der Waals surface area contributed by atoms with Crippen LogP contribution in [0.2, 0.25) is 0 Å². The number of aryl methyl sites for hydroxylation is 1. The molecule has 1 amide bonds. The summed E-state index contributed by atoms with van der Waals surface area (Å²) in [4.78, 5) is 19.8. The van der Waals surface area contributed by atoms with E-state index in [1.165, 1.54) is 30.6 Å². The van der Waals surface area contributed by atoms with Crippen LogP contribution in [0.3, 0.4) is 0 Å². The van der Waals surface area contributed by atoms with E-state index in [9.17, 15) is 4.79 Å². The minimum absolute atomic E-state index is 0.190. The zero-order valence-corrected chi connectivity index (χ0v) is 12.2. The topological polar surface area (TPSA) is 45.2 Å². The number of nitrogens with zero attached hydrogens (tertiary/aromatic N) is 2. The first-order valence-electron chi connectivity index (χ1n) is 7.20. The molecule has 1 atom stereocenters. The van der Waals surface area contributed by atoms with Crippen LogP contribution in [0.4, 0.5) is 0 Å². The second-order valence-electron chi connectivity index (χ2n) is 5.60. The second kappa shape index (κ2) is 5.59. The Labute approximate surface area is 118 Å². The monoisotopic (exact) mass is 279 g/mol. The van der Waals surface area contributed by atoms with Gasteiger partial charge < -0.3 is 10.2 Å². The lowest BCUT2D eigenvalue weighted by Gasteiger charge is -2.30. The van der Waals surface area contributed by atoms with E-state index in [4.69, 9.17) is 0 Å². The summed E-state index contributed by atoms with van der Waals surface area (Å²) in [7, 11) is 0. The number of amides is 1. The Morgan fingerprint density at radius 2 is 2.32 bits per heavy atom. The number of hydrogen-bond donors (Lipinski definition) is 1. The fourth-order valence-electron chi connectivity index (χ4n) is 2.74.